The van der Waals surface area contributed by atoms with Crippen molar-refractivity contribution in [2.75, 3.05) is 33.3 Å². The standard InChI is InChI=1S/C22H23Cl2N3O3/c1-30-16-4-5-20-17(11-16)18(12-25-20)21(22(28)29)27-8-6-26(7-9-27)13-14-2-3-15(23)10-19(14)24/h2-5,10-12,21,25H,6-9,13H2,1H3,(H,28,29). The quantitative estimate of drug-likeness (QED) is 0.584. The Morgan fingerprint density at radius 2 is 1.93 bits per heavy atom. The highest BCUT2D eigenvalue weighted by Crippen LogP contribution is 2.32. The van der Waals surface area contributed by atoms with E-state index in [1.54, 1.807) is 19.4 Å². The first-order chi connectivity index (χ1) is 14.5. The topological polar surface area (TPSA) is 68.8 Å². The van der Waals surface area contributed by atoms with Gasteiger partial charge in [0.25, 0.3) is 0 Å². The number of benzene rings is 2. The molecule has 30 heavy (non-hydrogen) atoms. The molecule has 0 spiro atoms. The van der Waals surface area contributed by atoms with Crippen molar-refractivity contribution in [2.45, 2.75) is 12.6 Å². The number of aromatic nitrogens is 1. The third-order valence-corrected chi connectivity index (χ3v) is 6.22. The maximum atomic E-state index is 12.2. The van der Waals surface area contributed by atoms with Gasteiger partial charge in [-0.1, -0.05) is 29.3 Å². The van der Waals surface area contributed by atoms with Crippen molar-refractivity contribution < 1.29 is 14.6 Å². The van der Waals surface area contributed by atoms with Gasteiger partial charge in [0.15, 0.2) is 0 Å². The molecule has 4 rings (SSSR count). The van der Waals surface area contributed by atoms with Gasteiger partial charge in [-0.05, 0) is 35.9 Å². The highest BCUT2D eigenvalue weighted by atomic mass is 35.5. The molecule has 1 aromatic heterocycles. The van der Waals surface area contributed by atoms with Crippen molar-refractivity contribution in [2.24, 2.45) is 0 Å². The van der Waals surface area contributed by atoms with Gasteiger partial charge >= 0.3 is 5.97 Å². The molecule has 1 unspecified atom stereocenters. The van der Waals surface area contributed by atoms with Gasteiger partial charge in [-0.2, -0.15) is 0 Å². The second kappa shape index (κ2) is 8.86. The summed E-state index contributed by atoms with van der Waals surface area (Å²) in [5.41, 5.74) is 2.67. The van der Waals surface area contributed by atoms with Gasteiger partial charge in [-0.3, -0.25) is 14.6 Å². The third kappa shape index (κ3) is 4.27. The first-order valence-electron chi connectivity index (χ1n) is 9.74. The molecule has 1 saturated heterocycles. The van der Waals surface area contributed by atoms with E-state index in [4.69, 9.17) is 27.9 Å². The molecule has 1 aliphatic heterocycles. The number of fused-ring (bicyclic) bond motifs is 1. The minimum absolute atomic E-state index is 0.619. The average molecular weight is 448 g/mol. The third-order valence-electron chi connectivity index (χ3n) is 5.63. The van der Waals surface area contributed by atoms with E-state index in [9.17, 15) is 9.90 Å². The molecular formula is C22H23Cl2N3O3. The van der Waals surface area contributed by atoms with Crippen LogP contribution in [0.5, 0.6) is 5.75 Å². The average Bonchev–Trinajstić information content (AvgIpc) is 3.14. The number of halogens is 2. The van der Waals surface area contributed by atoms with E-state index in [0.717, 1.165) is 35.1 Å². The number of nitrogens with zero attached hydrogens (tertiary/aromatic N) is 2. The molecule has 6 nitrogen and oxygen atoms in total. The molecule has 0 aliphatic carbocycles. The Labute approximate surface area is 184 Å². The van der Waals surface area contributed by atoms with Crippen LogP contribution < -0.4 is 4.74 Å². The number of ether oxygens (including phenoxy) is 1. The van der Waals surface area contributed by atoms with E-state index in [1.165, 1.54) is 0 Å². The molecule has 2 N–H and O–H groups in total. The summed E-state index contributed by atoms with van der Waals surface area (Å²) < 4.78 is 5.32. The summed E-state index contributed by atoms with van der Waals surface area (Å²) in [6.45, 7) is 3.53. The molecule has 0 saturated carbocycles. The fraction of sp³-hybridized carbons (Fsp3) is 0.318. The number of hydrogen-bond donors (Lipinski definition) is 2. The molecule has 1 atom stereocenters. The Hall–Kier alpha value is -2.25. The summed E-state index contributed by atoms with van der Waals surface area (Å²) in [5, 5.41) is 12.2. The Kier molecular flexibility index (Phi) is 6.20. The number of carbonyl (C=O) groups is 1. The molecule has 2 aromatic carbocycles. The molecule has 2 heterocycles. The van der Waals surface area contributed by atoms with Crippen molar-refractivity contribution in [3.63, 3.8) is 0 Å². The van der Waals surface area contributed by atoms with Crippen LogP contribution in [0, 0.1) is 0 Å². The maximum absolute atomic E-state index is 12.2. The number of methoxy groups -OCH3 is 1. The van der Waals surface area contributed by atoms with Crippen LogP contribution >= 0.6 is 23.2 Å². The number of rotatable bonds is 6. The van der Waals surface area contributed by atoms with Crippen molar-refractivity contribution in [1.82, 2.24) is 14.8 Å². The van der Waals surface area contributed by atoms with Crippen molar-refractivity contribution in [3.8, 4) is 5.75 Å². The van der Waals surface area contributed by atoms with Gasteiger partial charge in [-0.15, -0.1) is 0 Å². The van der Waals surface area contributed by atoms with Gasteiger partial charge in [-0.25, -0.2) is 0 Å². The Bertz CT molecular complexity index is 1060. The fourth-order valence-corrected chi connectivity index (χ4v) is 4.50. The highest BCUT2D eigenvalue weighted by Gasteiger charge is 2.32. The number of hydrogen-bond acceptors (Lipinski definition) is 4. The summed E-state index contributed by atoms with van der Waals surface area (Å²) in [6.07, 6.45) is 1.79. The van der Waals surface area contributed by atoms with Gasteiger partial charge in [0, 0.05) is 65.4 Å². The number of carboxylic acid groups (broad SMARTS) is 1. The van der Waals surface area contributed by atoms with Gasteiger partial charge < -0.3 is 14.8 Å². The van der Waals surface area contributed by atoms with E-state index >= 15 is 0 Å². The zero-order valence-electron chi connectivity index (χ0n) is 16.6. The second-order valence-electron chi connectivity index (χ2n) is 7.44. The Morgan fingerprint density at radius 3 is 2.60 bits per heavy atom. The van der Waals surface area contributed by atoms with Crippen LogP contribution in [0.15, 0.2) is 42.6 Å². The number of piperazine rings is 1. The van der Waals surface area contributed by atoms with Gasteiger partial charge in [0.2, 0.25) is 0 Å². The van der Waals surface area contributed by atoms with Crippen LogP contribution in [0.3, 0.4) is 0 Å². The minimum atomic E-state index is -0.854. The normalized spacial score (nSPS) is 16.6. The lowest BCUT2D eigenvalue weighted by molar-refractivity contribution is -0.144. The fourth-order valence-electron chi connectivity index (χ4n) is 4.03. The van der Waals surface area contributed by atoms with Crippen LogP contribution in [0.1, 0.15) is 17.2 Å². The monoisotopic (exact) mass is 447 g/mol. The van der Waals surface area contributed by atoms with Crippen LogP contribution in [-0.2, 0) is 11.3 Å². The Morgan fingerprint density at radius 1 is 1.17 bits per heavy atom. The van der Waals surface area contributed by atoms with E-state index < -0.39 is 12.0 Å². The summed E-state index contributed by atoms with van der Waals surface area (Å²) in [6, 6.07) is 10.5. The SMILES string of the molecule is COc1ccc2[nH]cc(C(C(=O)O)N3CCN(Cc4ccc(Cl)cc4Cl)CC3)c2c1. The van der Waals surface area contributed by atoms with Crippen LogP contribution in [0.4, 0.5) is 0 Å². The molecule has 0 radical (unpaired) electrons. The molecule has 0 amide bonds. The van der Waals surface area contributed by atoms with Crippen molar-refractivity contribution >= 4 is 40.1 Å². The number of carboxylic acids is 1. The zero-order valence-corrected chi connectivity index (χ0v) is 18.1. The summed E-state index contributed by atoms with van der Waals surface area (Å²) in [7, 11) is 1.61. The lowest BCUT2D eigenvalue weighted by atomic mass is 10.0. The van der Waals surface area contributed by atoms with E-state index in [1.807, 2.05) is 35.2 Å². The molecule has 0 bridgehead atoms. The number of aromatic amines is 1. The van der Waals surface area contributed by atoms with E-state index in [-0.39, 0.29) is 0 Å². The van der Waals surface area contributed by atoms with E-state index in [2.05, 4.69) is 9.88 Å². The molecule has 158 valence electrons. The smallest absolute Gasteiger partial charge is 0.325 e. The number of H-pyrrole nitrogens is 1. The predicted molar refractivity (Wildman–Crippen MR) is 119 cm³/mol. The summed E-state index contributed by atoms with van der Waals surface area (Å²) in [4.78, 5) is 19.7. The molecular weight excluding hydrogens is 425 g/mol. The molecule has 1 fully saturated rings. The van der Waals surface area contributed by atoms with Gasteiger partial charge in [0.1, 0.15) is 11.8 Å². The first-order valence-corrected chi connectivity index (χ1v) is 10.5. The summed E-state index contributed by atoms with van der Waals surface area (Å²) in [5.74, 6) is -0.148. The second-order valence-corrected chi connectivity index (χ2v) is 8.29. The van der Waals surface area contributed by atoms with Crippen LogP contribution in [0.25, 0.3) is 10.9 Å². The zero-order chi connectivity index (χ0) is 21.3. The molecule has 1 aliphatic rings. The van der Waals surface area contributed by atoms with E-state index in [0.29, 0.717) is 35.4 Å². The largest absolute Gasteiger partial charge is 0.497 e. The Balaban J connectivity index is 1.50. The number of aliphatic carboxylic acids is 1. The first kappa shape index (κ1) is 21.0. The van der Waals surface area contributed by atoms with Crippen molar-refractivity contribution in [1.29, 1.82) is 0 Å². The predicted octanol–water partition coefficient (Wildman–Crippen LogP) is 4.43. The van der Waals surface area contributed by atoms with Crippen LogP contribution in [-0.4, -0.2) is 59.1 Å². The minimum Gasteiger partial charge on any atom is -0.497 e. The lowest BCUT2D eigenvalue weighted by Crippen LogP contribution is -2.48. The molecule has 8 heteroatoms. The lowest BCUT2D eigenvalue weighted by Gasteiger charge is -2.37. The van der Waals surface area contributed by atoms with Crippen LogP contribution in [0.2, 0.25) is 10.0 Å². The summed E-state index contributed by atoms with van der Waals surface area (Å²) >= 11 is 12.3. The highest BCUT2D eigenvalue weighted by molar-refractivity contribution is 6.35. The maximum Gasteiger partial charge on any atom is 0.325 e. The number of nitrogens with one attached hydrogen (secondary N) is 1. The van der Waals surface area contributed by atoms with Gasteiger partial charge in [0.05, 0.1) is 7.11 Å². The van der Waals surface area contributed by atoms with Crippen molar-refractivity contribution in [3.05, 3.63) is 63.8 Å². The molecule has 3 aromatic rings.